The summed E-state index contributed by atoms with van der Waals surface area (Å²) in [6.45, 7) is 3.61. The van der Waals surface area contributed by atoms with Gasteiger partial charge in [0.2, 0.25) is 0 Å². The third-order valence-corrected chi connectivity index (χ3v) is 4.91. The van der Waals surface area contributed by atoms with Crippen LogP contribution >= 0.6 is 0 Å². The number of benzene rings is 1. The number of ether oxygens (including phenoxy) is 1. The molecule has 0 spiro atoms. The van der Waals surface area contributed by atoms with E-state index < -0.39 is 24.3 Å². The number of amides is 1. The zero-order valence-electron chi connectivity index (χ0n) is 16.2. The van der Waals surface area contributed by atoms with E-state index in [1.165, 1.54) is 15.7 Å². The molecule has 0 N–H and O–H groups in total. The molecule has 9 heteroatoms. The Labute approximate surface area is 166 Å². The zero-order chi connectivity index (χ0) is 20.6. The number of piperidine rings is 1. The second-order valence-corrected chi connectivity index (χ2v) is 7.20. The molecule has 1 saturated heterocycles. The molecule has 3 aromatic rings. The molecule has 1 fully saturated rings. The first-order valence-corrected chi connectivity index (χ1v) is 9.43. The Morgan fingerprint density at radius 3 is 2.97 bits per heavy atom. The molecule has 0 aliphatic carbocycles. The number of aryl methyl sites for hydroxylation is 1. The van der Waals surface area contributed by atoms with E-state index in [2.05, 4.69) is 15.1 Å². The Morgan fingerprint density at radius 1 is 1.34 bits per heavy atom. The minimum absolute atomic E-state index is 0.158. The number of hydrogen-bond acceptors (Lipinski definition) is 5. The van der Waals surface area contributed by atoms with Crippen LogP contribution in [0.15, 0.2) is 36.7 Å². The molecule has 1 aliphatic heterocycles. The Bertz CT molecular complexity index is 1050. The van der Waals surface area contributed by atoms with Crippen LogP contribution < -0.4 is 4.74 Å². The van der Waals surface area contributed by atoms with Crippen molar-refractivity contribution in [3.8, 4) is 5.75 Å². The summed E-state index contributed by atoms with van der Waals surface area (Å²) < 4.78 is 36.1. The van der Waals surface area contributed by atoms with Crippen LogP contribution in [0.5, 0.6) is 5.75 Å². The standard InChI is InChI=1S/C20H21F2N5O2/c1-3-29-16-6-4-5-14(8-16)18(28)26-10-15(9-20(21,22)11-26)17-7-13(2)25-19-23-12-24-27(17)19/h4-8,12,15H,3,9-11H2,1-2H3. The maximum atomic E-state index is 14.6. The smallest absolute Gasteiger partial charge is 0.266 e. The summed E-state index contributed by atoms with van der Waals surface area (Å²) in [7, 11) is 0. The van der Waals surface area contributed by atoms with Gasteiger partial charge >= 0.3 is 0 Å². The van der Waals surface area contributed by atoms with Crippen LogP contribution in [-0.2, 0) is 0 Å². The number of aromatic nitrogens is 4. The molecule has 7 nitrogen and oxygen atoms in total. The van der Waals surface area contributed by atoms with E-state index in [0.717, 1.165) is 0 Å². The van der Waals surface area contributed by atoms with Gasteiger partial charge in [0.1, 0.15) is 12.1 Å². The van der Waals surface area contributed by atoms with Gasteiger partial charge in [-0.1, -0.05) is 6.07 Å². The molecule has 1 amide bonds. The highest BCUT2D eigenvalue weighted by molar-refractivity contribution is 5.94. The molecule has 152 valence electrons. The lowest BCUT2D eigenvalue weighted by molar-refractivity contribution is -0.0641. The molecule has 0 saturated carbocycles. The Hall–Kier alpha value is -3.10. The van der Waals surface area contributed by atoms with E-state index in [0.29, 0.717) is 35.1 Å². The molecule has 3 heterocycles. The molecule has 1 aromatic carbocycles. The maximum Gasteiger partial charge on any atom is 0.266 e. The van der Waals surface area contributed by atoms with Crippen LogP contribution in [-0.4, -0.2) is 56.0 Å². The molecule has 1 unspecified atom stereocenters. The minimum Gasteiger partial charge on any atom is -0.494 e. The van der Waals surface area contributed by atoms with Crippen molar-refractivity contribution in [3.05, 3.63) is 53.6 Å². The topological polar surface area (TPSA) is 72.6 Å². The molecule has 29 heavy (non-hydrogen) atoms. The summed E-state index contributed by atoms with van der Waals surface area (Å²) in [5, 5.41) is 4.12. The van der Waals surface area contributed by atoms with Gasteiger partial charge in [-0.2, -0.15) is 10.1 Å². The normalized spacial score (nSPS) is 18.8. The third-order valence-electron chi connectivity index (χ3n) is 4.91. The van der Waals surface area contributed by atoms with Crippen molar-refractivity contribution in [2.75, 3.05) is 19.7 Å². The average molecular weight is 401 g/mol. The number of nitrogens with zero attached hydrogens (tertiary/aromatic N) is 5. The Balaban J connectivity index is 1.66. The number of likely N-dealkylation sites (tertiary alicyclic amines) is 1. The van der Waals surface area contributed by atoms with Gasteiger partial charge in [0.05, 0.1) is 18.8 Å². The van der Waals surface area contributed by atoms with E-state index >= 15 is 0 Å². The number of fused-ring (bicyclic) bond motifs is 1. The van der Waals surface area contributed by atoms with Crippen LogP contribution in [0.3, 0.4) is 0 Å². The van der Waals surface area contributed by atoms with Crippen LogP contribution in [0.4, 0.5) is 8.78 Å². The summed E-state index contributed by atoms with van der Waals surface area (Å²) in [4.78, 5) is 22.5. The lowest BCUT2D eigenvalue weighted by Crippen LogP contribution is -2.49. The van der Waals surface area contributed by atoms with Gasteiger partial charge in [0, 0.05) is 30.1 Å². The highest BCUT2D eigenvalue weighted by atomic mass is 19.3. The van der Waals surface area contributed by atoms with Gasteiger partial charge in [-0.25, -0.2) is 18.3 Å². The van der Waals surface area contributed by atoms with Crippen molar-refractivity contribution in [1.82, 2.24) is 24.5 Å². The first-order chi connectivity index (χ1) is 13.9. The summed E-state index contributed by atoms with van der Waals surface area (Å²) in [6.07, 6.45) is 0.975. The van der Waals surface area contributed by atoms with E-state index in [1.807, 2.05) is 6.92 Å². The minimum atomic E-state index is -3.01. The fraction of sp³-hybridized carbons (Fsp3) is 0.400. The molecule has 1 aliphatic rings. The van der Waals surface area contributed by atoms with Crippen LogP contribution in [0.25, 0.3) is 5.78 Å². The first-order valence-electron chi connectivity index (χ1n) is 9.43. The number of hydrogen-bond donors (Lipinski definition) is 0. The second kappa shape index (κ2) is 7.38. The van der Waals surface area contributed by atoms with Crippen LogP contribution in [0, 0.1) is 6.92 Å². The molecular formula is C20H21F2N5O2. The van der Waals surface area contributed by atoms with Crippen molar-refractivity contribution in [1.29, 1.82) is 0 Å². The molecule has 2 aromatic heterocycles. The third kappa shape index (κ3) is 3.90. The van der Waals surface area contributed by atoms with Crippen molar-refractivity contribution in [2.45, 2.75) is 32.1 Å². The zero-order valence-corrected chi connectivity index (χ0v) is 16.2. The number of halogens is 2. The van der Waals surface area contributed by atoms with E-state index in [1.54, 1.807) is 37.3 Å². The van der Waals surface area contributed by atoms with E-state index in [-0.39, 0.29) is 13.0 Å². The monoisotopic (exact) mass is 401 g/mol. The second-order valence-electron chi connectivity index (χ2n) is 7.20. The SMILES string of the molecule is CCOc1cccc(C(=O)N2CC(c3cc(C)nc4ncnn34)CC(F)(F)C2)c1. The summed E-state index contributed by atoms with van der Waals surface area (Å²) >= 11 is 0. The molecule has 4 rings (SSSR count). The van der Waals surface area contributed by atoms with Gasteiger partial charge in [-0.05, 0) is 38.1 Å². The van der Waals surface area contributed by atoms with E-state index in [9.17, 15) is 13.6 Å². The Kier molecular flexibility index (Phi) is 4.89. The number of carbonyl (C=O) groups excluding carboxylic acids is 1. The predicted octanol–water partition coefficient (Wildman–Crippen LogP) is 3.10. The highest BCUT2D eigenvalue weighted by Gasteiger charge is 2.43. The summed E-state index contributed by atoms with van der Waals surface area (Å²) in [5.74, 6) is -3.16. The first kappa shape index (κ1) is 19.2. The average Bonchev–Trinajstić information content (AvgIpc) is 3.14. The van der Waals surface area contributed by atoms with Crippen molar-refractivity contribution < 1.29 is 18.3 Å². The highest BCUT2D eigenvalue weighted by Crippen LogP contribution is 2.37. The fourth-order valence-corrected chi connectivity index (χ4v) is 3.77. The molecule has 0 radical (unpaired) electrons. The summed E-state index contributed by atoms with van der Waals surface area (Å²) in [6, 6.07) is 8.34. The lowest BCUT2D eigenvalue weighted by Gasteiger charge is -2.37. The van der Waals surface area contributed by atoms with Gasteiger partial charge < -0.3 is 9.64 Å². The predicted molar refractivity (Wildman–Crippen MR) is 101 cm³/mol. The van der Waals surface area contributed by atoms with Gasteiger partial charge in [0.25, 0.3) is 17.6 Å². The number of alkyl halides is 2. The summed E-state index contributed by atoms with van der Waals surface area (Å²) in [5.41, 5.74) is 1.56. The lowest BCUT2D eigenvalue weighted by atomic mass is 9.91. The van der Waals surface area contributed by atoms with E-state index in [4.69, 9.17) is 4.74 Å². The van der Waals surface area contributed by atoms with Crippen LogP contribution in [0.1, 0.15) is 41.0 Å². The fourth-order valence-electron chi connectivity index (χ4n) is 3.77. The molecule has 0 bridgehead atoms. The maximum absolute atomic E-state index is 14.6. The number of rotatable bonds is 4. The molecule has 1 atom stereocenters. The van der Waals surface area contributed by atoms with Crippen molar-refractivity contribution in [2.24, 2.45) is 0 Å². The molecular weight excluding hydrogens is 380 g/mol. The van der Waals surface area contributed by atoms with Crippen molar-refractivity contribution in [3.63, 3.8) is 0 Å². The van der Waals surface area contributed by atoms with Gasteiger partial charge in [0.15, 0.2) is 0 Å². The number of carbonyl (C=O) groups is 1. The van der Waals surface area contributed by atoms with Gasteiger partial charge in [-0.15, -0.1) is 0 Å². The van der Waals surface area contributed by atoms with Crippen molar-refractivity contribution >= 4 is 11.7 Å². The van der Waals surface area contributed by atoms with Gasteiger partial charge in [-0.3, -0.25) is 4.79 Å². The van der Waals surface area contributed by atoms with Crippen LogP contribution in [0.2, 0.25) is 0 Å². The quantitative estimate of drug-likeness (QED) is 0.672. The largest absolute Gasteiger partial charge is 0.494 e. The Morgan fingerprint density at radius 2 is 2.17 bits per heavy atom.